The first kappa shape index (κ1) is 12.4. The fourth-order valence-corrected chi connectivity index (χ4v) is 1.05. The molecule has 1 aromatic carbocycles. The maximum atomic E-state index is 11.5. The maximum absolute atomic E-state index is 11.5. The van der Waals surface area contributed by atoms with E-state index in [1.807, 2.05) is 38.0 Å². The highest BCUT2D eigenvalue weighted by molar-refractivity contribution is 5.95. The summed E-state index contributed by atoms with van der Waals surface area (Å²) >= 11 is 0. The Balaban J connectivity index is 0.000000791. The van der Waals surface area contributed by atoms with E-state index in [9.17, 15) is 4.79 Å². The van der Waals surface area contributed by atoms with E-state index in [1.165, 1.54) is 0 Å². The van der Waals surface area contributed by atoms with Gasteiger partial charge in [-0.05, 0) is 18.6 Å². The van der Waals surface area contributed by atoms with Gasteiger partial charge >= 0.3 is 0 Å². The number of hydrogen-bond acceptors (Lipinski definition) is 2. The molecule has 0 heterocycles. The molecular weight excluding hydrogens is 178 g/mol. The van der Waals surface area contributed by atoms with Crippen LogP contribution in [0.3, 0.4) is 0 Å². The van der Waals surface area contributed by atoms with E-state index in [4.69, 9.17) is 4.79 Å². The van der Waals surface area contributed by atoms with Crippen molar-refractivity contribution in [2.45, 2.75) is 6.92 Å². The van der Waals surface area contributed by atoms with Gasteiger partial charge in [0.05, 0.1) is 0 Å². The molecule has 76 valence electrons. The molecule has 0 saturated heterocycles. The van der Waals surface area contributed by atoms with Crippen LogP contribution in [0.25, 0.3) is 0 Å². The van der Waals surface area contributed by atoms with Gasteiger partial charge in [-0.2, -0.15) is 0 Å². The molecule has 0 unspecified atom stereocenters. The highest BCUT2D eigenvalue weighted by atomic mass is 16.2. The Bertz CT molecular complexity index is 308. The standard InChI is InChI=1S/C10H13NO.CH2O/c1-8-6-4-5-7-9(8)10(12)11(2)3;1-2/h4-7H,1-3H3;1H2. The van der Waals surface area contributed by atoms with Gasteiger partial charge < -0.3 is 9.69 Å². The predicted molar refractivity (Wildman–Crippen MR) is 56.3 cm³/mol. The molecule has 0 N–H and O–H groups in total. The third-order valence-electron chi connectivity index (χ3n) is 1.78. The van der Waals surface area contributed by atoms with Gasteiger partial charge in [0.2, 0.25) is 0 Å². The molecule has 3 heteroatoms. The molecule has 0 bridgehead atoms. The van der Waals surface area contributed by atoms with Gasteiger partial charge in [0.15, 0.2) is 0 Å². The van der Waals surface area contributed by atoms with Crippen molar-refractivity contribution in [3.63, 3.8) is 0 Å². The zero-order chi connectivity index (χ0) is 11.1. The van der Waals surface area contributed by atoms with Crippen molar-refractivity contribution in [1.29, 1.82) is 0 Å². The molecule has 0 fully saturated rings. The normalized spacial score (nSPS) is 8.50. The van der Waals surface area contributed by atoms with Crippen LogP contribution >= 0.6 is 0 Å². The lowest BCUT2D eigenvalue weighted by atomic mass is 10.1. The summed E-state index contributed by atoms with van der Waals surface area (Å²) in [5, 5.41) is 0. The summed E-state index contributed by atoms with van der Waals surface area (Å²) in [7, 11) is 3.52. The minimum absolute atomic E-state index is 0.0631. The van der Waals surface area contributed by atoms with E-state index in [0.29, 0.717) is 0 Å². The first-order chi connectivity index (χ1) is 6.63. The van der Waals surface area contributed by atoms with E-state index >= 15 is 0 Å². The topological polar surface area (TPSA) is 37.4 Å². The summed E-state index contributed by atoms with van der Waals surface area (Å²) in [5.41, 5.74) is 1.80. The molecule has 0 aliphatic carbocycles. The number of amides is 1. The SMILES string of the molecule is C=O.Cc1ccccc1C(=O)N(C)C. The van der Waals surface area contributed by atoms with Gasteiger partial charge in [0.1, 0.15) is 6.79 Å². The summed E-state index contributed by atoms with van der Waals surface area (Å²) in [4.78, 5) is 21.1. The van der Waals surface area contributed by atoms with Crippen molar-refractivity contribution >= 4 is 12.7 Å². The van der Waals surface area contributed by atoms with Crippen LogP contribution in [0.5, 0.6) is 0 Å². The molecule has 0 aliphatic rings. The van der Waals surface area contributed by atoms with Crippen molar-refractivity contribution in [2.75, 3.05) is 14.1 Å². The van der Waals surface area contributed by atoms with Crippen molar-refractivity contribution in [2.24, 2.45) is 0 Å². The number of hydrogen-bond donors (Lipinski definition) is 0. The second kappa shape index (κ2) is 5.91. The Morgan fingerprint density at radius 3 is 2.14 bits per heavy atom. The summed E-state index contributed by atoms with van der Waals surface area (Å²) in [6, 6.07) is 7.60. The summed E-state index contributed by atoms with van der Waals surface area (Å²) in [5.74, 6) is 0.0631. The second-order valence-electron chi connectivity index (χ2n) is 3.01. The molecule has 0 aliphatic heterocycles. The van der Waals surface area contributed by atoms with E-state index in [2.05, 4.69) is 0 Å². The van der Waals surface area contributed by atoms with Crippen LogP contribution in [0, 0.1) is 6.92 Å². The van der Waals surface area contributed by atoms with Gasteiger partial charge in [-0.25, -0.2) is 0 Å². The van der Waals surface area contributed by atoms with Gasteiger partial charge in [-0.3, -0.25) is 4.79 Å². The lowest BCUT2D eigenvalue weighted by molar-refractivity contribution is -0.0979. The highest BCUT2D eigenvalue weighted by Crippen LogP contribution is 2.08. The maximum Gasteiger partial charge on any atom is 0.253 e. The number of carbonyl (C=O) groups is 2. The quantitative estimate of drug-likeness (QED) is 0.678. The Morgan fingerprint density at radius 2 is 1.71 bits per heavy atom. The first-order valence-electron chi connectivity index (χ1n) is 4.19. The number of nitrogens with zero attached hydrogens (tertiary/aromatic N) is 1. The van der Waals surface area contributed by atoms with Crippen LogP contribution in [-0.4, -0.2) is 31.7 Å². The molecule has 0 spiro atoms. The molecule has 3 nitrogen and oxygen atoms in total. The molecular formula is C11H15NO2. The Labute approximate surface area is 84.3 Å². The van der Waals surface area contributed by atoms with Crippen LogP contribution in [0.1, 0.15) is 15.9 Å². The fourth-order valence-electron chi connectivity index (χ4n) is 1.05. The van der Waals surface area contributed by atoms with E-state index in [-0.39, 0.29) is 5.91 Å². The Kier molecular flexibility index (Phi) is 5.22. The second-order valence-corrected chi connectivity index (χ2v) is 3.01. The van der Waals surface area contributed by atoms with Gasteiger partial charge in [0, 0.05) is 19.7 Å². The molecule has 0 atom stereocenters. The zero-order valence-corrected chi connectivity index (χ0v) is 8.78. The van der Waals surface area contributed by atoms with Crippen molar-refractivity contribution in [3.05, 3.63) is 35.4 Å². The minimum Gasteiger partial charge on any atom is -0.345 e. The van der Waals surface area contributed by atoms with Crippen molar-refractivity contribution in [3.8, 4) is 0 Å². The Morgan fingerprint density at radius 1 is 1.21 bits per heavy atom. The van der Waals surface area contributed by atoms with Crippen LogP contribution in [0.2, 0.25) is 0 Å². The summed E-state index contributed by atoms with van der Waals surface area (Å²) < 4.78 is 0. The predicted octanol–water partition coefficient (Wildman–Crippen LogP) is 1.51. The van der Waals surface area contributed by atoms with Crippen molar-refractivity contribution in [1.82, 2.24) is 4.90 Å². The monoisotopic (exact) mass is 193 g/mol. The van der Waals surface area contributed by atoms with Gasteiger partial charge in [0.25, 0.3) is 5.91 Å². The van der Waals surface area contributed by atoms with Gasteiger partial charge in [-0.1, -0.05) is 18.2 Å². The van der Waals surface area contributed by atoms with E-state index in [0.717, 1.165) is 11.1 Å². The molecule has 0 aromatic heterocycles. The zero-order valence-electron chi connectivity index (χ0n) is 8.78. The molecule has 0 radical (unpaired) electrons. The number of carbonyl (C=O) groups excluding carboxylic acids is 2. The van der Waals surface area contributed by atoms with Gasteiger partial charge in [-0.15, -0.1) is 0 Å². The largest absolute Gasteiger partial charge is 0.345 e. The number of aryl methyl sites for hydroxylation is 1. The minimum atomic E-state index is 0.0631. The number of benzene rings is 1. The van der Waals surface area contributed by atoms with Crippen molar-refractivity contribution < 1.29 is 9.59 Å². The first-order valence-corrected chi connectivity index (χ1v) is 4.19. The van der Waals surface area contributed by atoms with E-state index in [1.54, 1.807) is 19.0 Å². The molecule has 1 amide bonds. The Hall–Kier alpha value is -1.64. The molecule has 1 rings (SSSR count). The fraction of sp³-hybridized carbons (Fsp3) is 0.273. The van der Waals surface area contributed by atoms with Crippen LogP contribution in [0.15, 0.2) is 24.3 Å². The van der Waals surface area contributed by atoms with Crippen LogP contribution in [0.4, 0.5) is 0 Å². The smallest absolute Gasteiger partial charge is 0.253 e. The van der Waals surface area contributed by atoms with E-state index < -0.39 is 0 Å². The molecule has 14 heavy (non-hydrogen) atoms. The average Bonchev–Trinajstić information content (AvgIpc) is 2.20. The van der Waals surface area contributed by atoms with Crippen LogP contribution in [-0.2, 0) is 4.79 Å². The lowest BCUT2D eigenvalue weighted by Crippen LogP contribution is -2.22. The lowest BCUT2D eigenvalue weighted by Gasteiger charge is -2.11. The number of rotatable bonds is 1. The van der Waals surface area contributed by atoms with Crippen LogP contribution < -0.4 is 0 Å². The average molecular weight is 193 g/mol. The molecule has 1 aromatic rings. The molecule has 0 saturated carbocycles. The summed E-state index contributed by atoms with van der Waals surface area (Å²) in [6.45, 7) is 3.94. The third-order valence-corrected chi connectivity index (χ3v) is 1.78. The summed E-state index contributed by atoms with van der Waals surface area (Å²) in [6.07, 6.45) is 0. The highest BCUT2D eigenvalue weighted by Gasteiger charge is 2.08. The third kappa shape index (κ3) is 3.01.